The van der Waals surface area contributed by atoms with Gasteiger partial charge in [-0.25, -0.2) is 5.43 Å². The van der Waals surface area contributed by atoms with E-state index in [1.807, 2.05) is 60.3 Å². The van der Waals surface area contributed by atoms with Crippen LogP contribution in [-0.4, -0.2) is 35.5 Å². The minimum absolute atomic E-state index is 0.110. The number of nitrogens with one attached hydrogen (secondary N) is 1. The van der Waals surface area contributed by atoms with Crippen molar-refractivity contribution in [3.8, 4) is 5.75 Å². The number of rotatable bonds is 8. The van der Waals surface area contributed by atoms with Crippen LogP contribution < -0.4 is 10.2 Å². The number of benzene rings is 2. The first-order chi connectivity index (χ1) is 12.7. The first kappa shape index (κ1) is 19.3. The largest absolute Gasteiger partial charge is 0.489 e. The van der Waals surface area contributed by atoms with Crippen molar-refractivity contribution in [2.75, 3.05) is 17.3 Å². The molecule has 0 radical (unpaired) electrons. The van der Waals surface area contributed by atoms with Crippen molar-refractivity contribution in [2.45, 2.75) is 11.9 Å². The number of hydrazone groups is 1. The second-order valence-corrected chi connectivity index (χ2v) is 8.64. The summed E-state index contributed by atoms with van der Waals surface area (Å²) in [4.78, 5) is 11.8. The average Bonchev–Trinajstić information content (AvgIpc) is 2.61. The molecule has 1 aliphatic heterocycles. The fraction of sp³-hybridized carbons (Fsp3) is 0.263. The Hall–Kier alpha value is -1.44. The molecule has 1 heterocycles. The number of halogens is 1. The molecule has 1 aliphatic rings. The van der Waals surface area contributed by atoms with E-state index < -0.39 is 0 Å². The van der Waals surface area contributed by atoms with Crippen molar-refractivity contribution >= 4 is 51.6 Å². The Morgan fingerprint density at radius 3 is 2.73 bits per heavy atom. The molecule has 1 N–H and O–H groups in total. The van der Waals surface area contributed by atoms with Crippen molar-refractivity contribution in [3.05, 3.63) is 64.1 Å². The molecule has 0 unspecified atom stereocenters. The van der Waals surface area contributed by atoms with Crippen LogP contribution in [0.2, 0.25) is 0 Å². The molecule has 2 aromatic rings. The minimum Gasteiger partial charge on any atom is -0.489 e. The van der Waals surface area contributed by atoms with Crippen LogP contribution in [0.5, 0.6) is 5.75 Å². The van der Waals surface area contributed by atoms with Gasteiger partial charge in [-0.1, -0.05) is 34.1 Å². The van der Waals surface area contributed by atoms with Crippen molar-refractivity contribution in [1.82, 2.24) is 5.43 Å². The van der Waals surface area contributed by atoms with Crippen molar-refractivity contribution in [3.63, 3.8) is 0 Å². The number of thioether (sulfide) groups is 2. The summed E-state index contributed by atoms with van der Waals surface area (Å²) in [5, 5.41) is 4.01. The molecule has 4 nitrogen and oxygen atoms in total. The summed E-state index contributed by atoms with van der Waals surface area (Å²) in [5.74, 6) is 4.04. The van der Waals surface area contributed by atoms with Gasteiger partial charge in [0, 0.05) is 21.7 Å². The van der Waals surface area contributed by atoms with E-state index in [-0.39, 0.29) is 5.91 Å². The third kappa shape index (κ3) is 6.07. The highest BCUT2D eigenvalue weighted by Crippen LogP contribution is 2.24. The van der Waals surface area contributed by atoms with Crippen LogP contribution in [0, 0.1) is 0 Å². The molecule has 2 aromatic carbocycles. The zero-order valence-electron chi connectivity index (χ0n) is 14.1. The maximum absolute atomic E-state index is 11.8. The molecule has 26 heavy (non-hydrogen) atoms. The quantitative estimate of drug-likeness (QED) is 0.480. The highest BCUT2D eigenvalue weighted by molar-refractivity contribution is 9.10. The number of nitrogens with zero attached hydrogens (tertiary/aromatic N) is 1. The van der Waals surface area contributed by atoms with Gasteiger partial charge in [-0.2, -0.15) is 16.9 Å². The predicted molar refractivity (Wildman–Crippen MR) is 114 cm³/mol. The van der Waals surface area contributed by atoms with Gasteiger partial charge in [-0.3, -0.25) is 4.79 Å². The summed E-state index contributed by atoms with van der Waals surface area (Å²) in [6.07, 6.45) is 1.98. The molecule has 0 aliphatic carbocycles. The zero-order valence-corrected chi connectivity index (χ0v) is 17.3. The minimum atomic E-state index is -0.110. The normalized spacial score (nSPS) is 14.2. The fourth-order valence-corrected chi connectivity index (χ4v) is 4.19. The van der Waals surface area contributed by atoms with Gasteiger partial charge in [-0.05, 0) is 41.5 Å². The summed E-state index contributed by atoms with van der Waals surface area (Å²) < 4.78 is 6.86. The van der Waals surface area contributed by atoms with E-state index >= 15 is 0 Å². The number of hydrogen-bond donors (Lipinski definition) is 1. The van der Waals surface area contributed by atoms with Gasteiger partial charge >= 0.3 is 0 Å². The summed E-state index contributed by atoms with van der Waals surface area (Å²) in [6, 6.07) is 15.7. The lowest BCUT2D eigenvalue weighted by atomic mass is 10.2. The highest BCUT2D eigenvalue weighted by Gasteiger charge is 2.19. The Bertz CT molecular complexity index is 764. The van der Waals surface area contributed by atoms with Crippen LogP contribution in [0.4, 0.5) is 0 Å². The molecule has 0 spiro atoms. The lowest BCUT2D eigenvalue weighted by molar-refractivity contribution is -0.118. The number of amides is 1. The number of ether oxygens (including phenoxy) is 1. The van der Waals surface area contributed by atoms with Crippen LogP contribution in [-0.2, 0) is 10.5 Å². The average molecular weight is 451 g/mol. The third-order valence-corrected chi connectivity index (χ3v) is 6.61. The maximum atomic E-state index is 11.8. The van der Waals surface area contributed by atoms with Crippen LogP contribution >= 0.6 is 39.5 Å². The van der Waals surface area contributed by atoms with E-state index in [0.717, 1.165) is 33.0 Å². The molecule has 0 saturated carbocycles. The van der Waals surface area contributed by atoms with E-state index in [1.54, 1.807) is 18.0 Å². The van der Waals surface area contributed by atoms with Gasteiger partial charge in [0.2, 0.25) is 5.91 Å². The summed E-state index contributed by atoms with van der Waals surface area (Å²) in [5.41, 5.74) is 4.66. The molecule has 0 atom stereocenters. The fourth-order valence-electron chi connectivity index (χ4n) is 2.19. The first-order valence-corrected chi connectivity index (χ1v) is 11.3. The lowest BCUT2D eigenvalue weighted by Gasteiger charge is -2.25. The molecule has 1 fully saturated rings. The zero-order chi connectivity index (χ0) is 18.2. The second kappa shape index (κ2) is 10.0. The number of carbonyl (C=O) groups excluding carboxylic acids is 1. The SMILES string of the molecule is O=C(CSCc1ccccc1Br)N/N=C/c1ccc(OC2CSC2)cc1. The molecule has 0 bridgehead atoms. The van der Waals surface area contributed by atoms with Crippen LogP contribution in [0.25, 0.3) is 0 Å². The van der Waals surface area contributed by atoms with Gasteiger partial charge in [-0.15, -0.1) is 11.8 Å². The molecule has 3 rings (SSSR count). The smallest absolute Gasteiger partial charge is 0.250 e. The molecule has 7 heteroatoms. The van der Waals surface area contributed by atoms with E-state index in [0.29, 0.717) is 11.9 Å². The van der Waals surface area contributed by atoms with Crippen LogP contribution in [0.15, 0.2) is 58.1 Å². The molecule has 0 aromatic heterocycles. The summed E-state index contributed by atoms with van der Waals surface area (Å²) >= 11 is 6.96. The topological polar surface area (TPSA) is 50.7 Å². The van der Waals surface area contributed by atoms with Gasteiger partial charge in [0.15, 0.2) is 0 Å². The Morgan fingerprint density at radius 2 is 2.04 bits per heavy atom. The van der Waals surface area contributed by atoms with Crippen molar-refractivity contribution in [1.29, 1.82) is 0 Å². The van der Waals surface area contributed by atoms with Gasteiger partial charge < -0.3 is 4.74 Å². The van der Waals surface area contributed by atoms with E-state index in [9.17, 15) is 4.79 Å². The van der Waals surface area contributed by atoms with E-state index in [1.165, 1.54) is 5.56 Å². The first-order valence-electron chi connectivity index (χ1n) is 8.18. The van der Waals surface area contributed by atoms with Crippen LogP contribution in [0.3, 0.4) is 0 Å². The van der Waals surface area contributed by atoms with E-state index in [2.05, 4.69) is 26.5 Å². The maximum Gasteiger partial charge on any atom is 0.250 e. The van der Waals surface area contributed by atoms with Gasteiger partial charge in [0.25, 0.3) is 0 Å². The molecular weight excluding hydrogens is 432 g/mol. The van der Waals surface area contributed by atoms with Crippen molar-refractivity contribution in [2.24, 2.45) is 5.10 Å². The molecular formula is C19H19BrN2O2S2. The van der Waals surface area contributed by atoms with E-state index in [4.69, 9.17) is 4.74 Å². The highest BCUT2D eigenvalue weighted by atomic mass is 79.9. The predicted octanol–water partition coefficient (Wildman–Crippen LogP) is 4.33. The Morgan fingerprint density at radius 1 is 1.27 bits per heavy atom. The van der Waals surface area contributed by atoms with Gasteiger partial charge in [0.1, 0.15) is 11.9 Å². The molecule has 1 saturated heterocycles. The lowest BCUT2D eigenvalue weighted by Crippen LogP contribution is -2.30. The Kier molecular flexibility index (Phi) is 7.46. The van der Waals surface area contributed by atoms with Crippen LogP contribution in [0.1, 0.15) is 11.1 Å². The Balaban J connectivity index is 1.37. The Labute approximate surface area is 170 Å². The third-order valence-electron chi connectivity index (χ3n) is 3.64. The summed E-state index contributed by atoms with van der Waals surface area (Å²) in [7, 11) is 0. The van der Waals surface area contributed by atoms with Crippen molar-refractivity contribution < 1.29 is 9.53 Å². The second-order valence-electron chi connectivity index (χ2n) is 5.72. The monoisotopic (exact) mass is 450 g/mol. The number of carbonyl (C=O) groups is 1. The molecule has 136 valence electrons. The van der Waals surface area contributed by atoms with Gasteiger partial charge in [0.05, 0.1) is 12.0 Å². The summed E-state index contributed by atoms with van der Waals surface area (Å²) in [6.45, 7) is 0. The number of hydrogen-bond acceptors (Lipinski definition) is 5. The standard InChI is InChI=1S/C19H19BrN2O2S2/c20-18-4-2-1-3-15(18)10-25-13-19(23)22-21-9-14-5-7-16(8-6-14)24-17-11-26-12-17/h1-9,17H,10-13H2,(H,22,23)/b21-9+. The molecule has 1 amide bonds.